The van der Waals surface area contributed by atoms with Crippen LogP contribution in [0.5, 0.6) is 0 Å². The van der Waals surface area contributed by atoms with Crippen LogP contribution in [-0.2, 0) is 25.6 Å². The highest BCUT2D eigenvalue weighted by Crippen LogP contribution is 2.30. The molecule has 3 N–H and O–H groups in total. The number of nitrogens with zero attached hydrogens (tertiary/aromatic N) is 2. The topological polar surface area (TPSA) is 131 Å². The molecule has 2 aromatic carbocycles. The lowest BCUT2D eigenvalue weighted by atomic mass is 10.0. The number of Topliss-reactive ketones (excluding diaryl/α,β-unsaturated/α-hetero) is 1. The number of nitrogens with one attached hydrogen (secondary N) is 1. The van der Waals surface area contributed by atoms with Crippen LogP contribution in [0.3, 0.4) is 0 Å². The fraction of sp³-hybridized carbons (Fsp3) is 0.429. The molecule has 2 saturated heterocycles. The van der Waals surface area contributed by atoms with E-state index >= 15 is 4.39 Å². The van der Waals surface area contributed by atoms with Crippen molar-refractivity contribution in [2.75, 3.05) is 18.0 Å². The smallest absolute Gasteiger partial charge is 0.414 e. The zero-order valence-corrected chi connectivity index (χ0v) is 22.4. The van der Waals surface area contributed by atoms with Gasteiger partial charge in [0.2, 0.25) is 5.91 Å². The van der Waals surface area contributed by atoms with Crippen molar-refractivity contribution < 1.29 is 33.0 Å². The highest BCUT2D eigenvalue weighted by molar-refractivity contribution is 5.92. The van der Waals surface area contributed by atoms with E-state index in [9.17, 15) is 19.2 Å². The Kier molecular flexibility index (Phi) is 7.91. The van der Waals surface area contributed by atoms with Gasteiger partial charge in [0.1, 0.15) is 35.4 Å². The van der Waals surface area contributed by atoms with Crippen molar-refractivity contribution in [2.45, 2.75) is 64.4 Å². The van der Waals surface area contributed by atoms with Crippen molar-refractivity contribution in [1.29, 1.82) is 0 Å². The summed E-state index contributed by atoms with van der Waals surface area (Å²) in [6.07, 6.45) is -1.42. The molecular formula is C28H33FN4O6. The molecule has 2 aromatic rings. The average molecular weight is 541 g/mol. The highest BCUT2D eigenvalue weighted by atomic mass is 19.1. The van der Waals surface area contributed by atoms with Gasteiger partial charge in [-0.2, -0.15) is 0 Å². The molecule has 0 spiro atoms. The number of likely N-dealkylation sites (tertiary alicyclic amines) is 1. The first-order chi connectivity index (χ1) is 18.3. The molecule has 0 aromatic heterocycles. The molecule has 10 nitrogen and oxygen atoms in total. The Balaban J connectivity index is 1.35. The monoisotopic (exact) mass is 540 g/mol. The summed E-state index contributed by atoms with van der Waals surface area (Å²) >= 11 is 0. The number of ketones is 1. The van der Waals surface area contributed by atoms with Crippen molar-refractivity contribution in [2.24, 2.45) is 5.73 Å². The van der Waals surface area contributed by atoms with Gasteiger partial charge >= 0.3 is 12.2 Å². The second-order valence-corrected chi connectivity index (χ2v) is 10.7. The molecule has 3 amide bonds. The lowest BCUT2D eigenvalue weighted by Gasteiger charge is -2.40. The molecule has 2 aliphatic rings. The minimum absolute atomic E-state index is 0.0508. The number of benzene rings is 2. The normalized spacial score (nSPS) is 19.7. The summed E-state index contributed by atoms with van der Waals surface area (Å²) < 4.78 is 25.6. The van der Waals surface area contributed by atoms with Gasteiger partial charge in [-0.3, -0.25) is 19.4 Å². The highest BCUT2D eigenvalue weighted by Gasteiger charge is 2.40. The van der Waals surface area contributed by atoms with Crippen LogP contribution < -0.4 is 16.0 Å². The third-order valence-electron chi connectivity index (χ3n) is 6.65. The Hall–Kier alpha value is -3.99. The fourth-order valence-corrected chi connectivity index (χ4v) is 4.36. The van der Waals surface area contributed by atoms with E-state index in [1.54, 1.807) is 57.2 Å². The average Bonchev–Trinajstić information content (AvgIpc) is 3.22. The number of amides is 3. The molecule has 2 fully saturated rings. The molecule has 3 atom stereocenters. The van der Waals surface area contributed by atoms with Gasteiger partial charge in [0.15, 0.2) is 0 Å². The quantitative estimate of drug-likeness (QED) is 0.551. The van der Waals surface area contributed by atoms with E-state index in [-0.39, 0.29) is 24.8 Å². The summed E-state index contributed by atoms with van der Waals surface area (Å²) in [5.41, 5.74) is 7.22. The van der Waals surface area contributed by atoms with Crippen LogP contribution in [0.25, 0.3) is 11.1 Å². The number of ether oxygens (including phenoxy) is 2. The Labute approximate surface area is 226 Å². The number of anilines is 1. The van der Waals surface area contributed by atoms with E-state index in [0.29, 0.717) is 29.8 Å². The third-order valence-corrected chi connectivity index (χ3v) is 6.65. The van der Waals surface area contributed by atoms with Crippen LogP contribution in [-0.4, -0.2) is 65.7 Å². The molecule has 2 aliphatic heterocycles. The number of carbonyl (C=O) groups excluding carboxylic acids is 4. The van der Waals surface area contributed by atoms with Gasteiger partial charge in [-0.15, -0.1) is 0 Å². The van der Waals surface area contributed by atoms with Gasteiger partial charge in [0.05, 0.1) is 12.2 Å². The van der Waals surface area contributed by atoms with E-state index in [0.717, 1.165) is 5.56 Å². The Bertz CT molecular complexity index is 1280. The summed E-state index contributed by atoms with van der Waals surface area (Å²) in [5.74, 6) is -1.09. The molecule has 0 aliphatic carbocycles. The van der Waals surface area contributed by atoms with Crippen molar-refractivity contribution in [3.05, 3.63) is 53.8 Å². The first kappa shape index (κ1) is 28.0. The number of nitrogens with two attached hydrogens (primary N) is 1. The van der Waals surface area contributed by atoms with Crippen LogP contribution in [0.4, 0.5) is 19.7 Å². The van der Waals surface area contributed by atoms with Crippen molar-refractivity contribution in [3.63, 3.8) is 0 Å². The Morgan fingerprint density at radius 1 is 1.18 bits per heavy atom. The van der Waals surface area contributed by atoms with Crippen molar-refractivity contribution in [3.8, 4) is 11.1 Å². The maximum absolute atomic E-state index is 15.0. The molecule has 0 radical (unpaired) electrons. The second-order valence-electron chi connectivity index (χ2n) is 10.7. The number of hydrogen-bond donors (Lipinski definition) is 2. The van der Waals surface area contributed by atoms with Gasteiger partial charge in [-0.25, -0.2) is 14.0 Å². The fourth-order valence-electron chi connectivity index (χ4n) is 4.36. The lowest BCUT2D eigenvalue weighted by Crippen LogP contribution is -2.59. The molecular weight excluding hydrogens is 507 g/mol. The van der Waals surface area contributed by atoms with Crippen LogP contribution in [0.2, 0.25) is 0 Å². The zero-order valence-electron chi connectivity index (χ0n) is 22.4. The Morgan fingerprint density at radius 3 is 2.44 bits per heavy atom. The van der Waals surface area contributed by atoms with Gasteiger partial charge in [0.25, 0.3) is 0 Å². The predicted molar refractivity (Wildman–Crippen MR) is 141 cm³/mol. The molecule has 2 heterocycles. The summed E-state index contributed by atoms with van der Waals surface area (Å²) in [4.78, 5) is 51.3. The number of cyclic esters (lactones) is 1. The molecule has 208 valence electrons. The molecule has 4 rings (SSSR count). The van der Waals surface area contributed by atoms with E-state index in [1.165, 1.54) is 22.8 Å². The van der Waals surface area contributed by atoms with Crippen molar-refractivity contribution >= 4 is 29.6 Å². The standard InChI is InChI=1S/C28H33FN4O6/c1-16(34)24(30)23-15-33(26(36)38-23)19-9-10-20(21(29)13-19)18-7-5-17(6-8-18)14-31-25(35)22-11-12-32(22)27(37)39-28(2,3)4/h5-10,13,22-24H,11-12,14-15,30H2,1-4H3,(H,31,35)/t22?,23?,24-/m1/s1. The van der Waals surface area contributed by atoms with E-state index in [4.69, 9.17) is 15.2 Å². The van der Waals surface area contributed by atoms with Gasteiger partial charge in [0, 0.05) is 18.7 Å². The van der Waals surface area contributed by atoms with E-state index < -0.39 is 41.8 Å². The molecule has 0 bridgehead atoms. The minimum atomic E-state index is -0.941. The summed E-state index contributed by atoms with van der Waals surface area (Å²) in [6.45, 7) is 7.41. The van der Waals surface area contributed by atoms with Gasteiger partial charge in [-0.05, 0) is 63.4 Å². The predicted octanol–water partition coefficient (Wildman–Crippen LogP) is 3.36. The maximum atomic E-state index is 15.0. The van der Waals surface area contributed by atoms with Crippen LogP contribution in [0.1, 0.15) is 39.7 Å². The van der Waals surface area contributed by atoms with Crippen LogP contribution in [0.15, 0.2) is 42.5 Å². The number of halogens is 1. The summed E-state index contributed by atoms with van der Waals surface area (Å²) in [6, 6.07) is 9.93. The number of hydrogen-bond acceptors (Lipinski definition) is 7. The van der Waals surface area contributed by atoms with Gasteiger partial charge < -0.3 is 20.5 Å². The number of carbonyl (C=O) groups is 4. The molecule has 39 heavy (non-hydrogen) atoms. The zero-order chi connectivity index (χ0) is 28.5. The van der Waals surface area contributed by atoms with Gasteiger partial charge in [-0.1, -0.05) is 24.3 Å². The van der Waals surface area contributed by atoms with Crippen LogP contribution >= 0.6 is 0 Å². The summed E-state index contributed by atoms with van der Waals surface area (Å²) in [7, 11) is 0. The second kappa shape index (κ2) is 11.0. The third kappa shape index (κ3) is 6.36. The lowest BCUT2D eigenvalue weighted by molar-refractivity contribution is -0.130. The Morgan fingerprint density at radius 2 is 1.87 bits per heavy atom. The largest absolute Gasteiger partial charge is 0.444 e. The maximum Gasteiger partial charge on any atom is 0.414 e. The SMILES string of the molecule is CC(=O)[C@@H](N)C1CN(c2ccc(-c3ccc(CNC(=O)C4CCN4C(=O)OC(C)(C)C)cc3)c(F)c2)C(=O)O1. The minimum Gasteiger partial charge on any atom is -0.444 e. The van der Waals surface area contributed by atoms with E-state index in [1.807, 2.05) is 0 Å². The van der Waals surface area contributed by atoms with Crippen molar-refractivity contribution in [1.82, 2.24) is 10.2 Å². The first-order valence-electron chi connectivity index (χ1n) is 12.7. The molecule has 0 saturated carbocycles. The number of rotatable bonds is 7. The van der Waals surface area contributed by atoms with E-state index in [2.05, 4.69) is 5.32 Å². The summed E-state index contributed by atoms with van der Waals surface area (Å²) in [5, 5.41) is 2.84. The van der Waals surface area contributed by atoms with Crippen LogP contribution in [0, 0.1) is 5.82 Å². The molecule has 2 unspecified atom stereocenters. The first-order valence-corrected chi connectivity index (χ1v) is 12.7. The molecule has 11 heteroatoms.